The molecule has 1 N–H and O–H groups in total. The molecule has 106 valence electrons. The van der Waals surface area contributed by atoms with E-state index in [1.54, 1.807) is 7.05 Å². The summed E-state index contributed by atoms with van der Waals surface area (Å²) in [5.74, 6) is -1.18. The van der Waals surface area contributed by atoms with Crippen LogP contribution in [0.15, 0.2) is 47.8 Å². The predicted molar refractivity (Wildman–Crippen MR) is 82.4 cm³/mol. The predicted octanol–water partition coefficient (Wildman–Crippen LogP) is 4.80. The van der Waals surface area contributed by atoms with Gasteiger partial charge in [-0.3, -0.25) is 0 Å². The van der Waals surface area contributed by atoms with E-state index in [2.05, 4.69) is 10.3 Å². The average Bonchev–Trinajstić information content (AvgIpc) is 2.95. The van der Waals surface area contributed by atoms with Crippen LogP contribution in [0.5, 0.6) is 0 Å². The van der Waals surface area contributed by atoms with Crippen molar-refractivity contribution in [1.29, 1.82) is 0 Å². The molecule has 0 bridgehead atoms. The monoisotopic (exact) mass is 302 g/mol. The molecule has 3 rings (SSSR count). The van der Waals surface area contributed by atoms with Crippen molar-refractivity contribution in [2.75, 3.05) is 12.4 Å². The summed E-state index contributed by atoms with van der Waals surface area (Å²) < 4.78 is 26.9. The minimum absolute atomic E-state index is 0.502. The van der Waals surface area contributed by atoms with Crippen LogP contribution in [-0.2, 0) is 0 Å². The van der Waals surface area contributed by atoms with Crippen molar-refractivity contribution < 1.29 is 8.78 Å². The zero-order chi connectivity index (χ0) is 14.8. The summed E-state index contributed by atoms with van der Waals surface area (Å²) in [7, 11) is 1.80. The molecule has 5 heteroatoms. The standard InChI is InChI=1S/C16H12F2N2S/c1-19-16-20-15(9-21-16)14-5-3-2-4-13(14)10-6-11(17)8-12(18)7-10/h2-9H,1H3,(H,19,20). The molecule has 0 aliphatic rings. The van der Waals surface area contributed by atoms with Crippen LogP contribution in [0.3, 0.4) is 0 Å². The number of nitrogens with zero attached hydrogens (tertiary/aromatic N) is 1. The van der Waals surface area contributed by atoms with Gasteiger partial charge in [-0.2, -0.15) is 0 Å². The van der Waals surface area contributed by atoms with E-state index in [9.17, 15) is 8.78 Å². The molecule has 0 amide bonds. The molecule has 0 radical (unpaired) electrons. The van der Waals surface area contributed by atoms with Gasteiger partial charge in [-0.15, -0.1) is 11.3 Å². The molecular formula is C16H12F2N2S. The maximum absolute atomic E-state index is 13.4. The van der Waals surface area contributed by atoms with Gasteiger partial charge in [0, 0.05) is 24.1 Å². The largest absolute Gasteiger partial charge is 0.365 e. The average molecular weight is 302 g/mol. The molecule has 0 aliphatic heterocycles. The van der Waals surface area contributed by atoms with Gasteiger partial charge in [0.05, 0.1) is 5.69 Å². The second kappa shape index (κ2) is 5.61. The van der Waals surface area contributed by atoms with Crippen LogP contribution >= 0.6 is 11.3 Å². The van der Waals surface area contributed by atoms with Gasteiger partial charge in [0.2, 0.25) is 0 Å². The number of nitrogens with one attached hydrogen (secondary N) is 1. The lowest BCUT2D eigenvalue weighted by molar-refractivity contribution is 0.584. The Morgan fingerprint density at radius 3 is 2.29 bits per heavy atom. The summed E-state index contributed by atoms with van der Waals surface area (Å²) in [4.78, 5) is 4.45. The molecule has 0 saturated heterocycles. The highest BCUT2D eigenvalue weighted by atomic mass is 32.1. The number of rotatable bonds is 3. The molecule has 0 spiro atoms. The fraction of sp³-hybridized carbons (Fsp3) is 0.0625. The van der Waals surface area contributed by atoms with Crippen LogP contribution in [0.4, 0.5) is 13.9 Å². The van der Waals surface area contributed by atoms with Crippen LogP contribution in [0.25, 0.3) is 22.4 Å². The number of thiazole rings is 1. The summed E-state index contributed by atoms with van der Waals surface area (Å²) in [5.41, 5.74) is 2.89. The first-order valence-electron chi connectivity index (χ1n) is 6.36. The first-order valence-corrected chi connectivity index (χ1v) is 7.24. The van der Waals surface area contributed by atoms with Crippen LogP contribution in [0.1, 0.15) is 0 Å². The van der Waals surface area contributed by atoms with Crippen LogP contribution in [0.2, 0.25) is 0 Å². The van der Waals surface area contributed by atoms with Crippen LogP contribution in [0, 0.1) is 11.6 Å². The molecule has 0 aliphatic carbocycles. The van der Waals surface area contributed by atoms with E-state index in [1.807, 2.05) is 29.6 Å². The highest BCUT2D eigenvalue weighted by Crippen LogP contribution is 2.34. The molecule has 0 atom stereocenters. The molecule has 1 aromatic heterocycles. The van der Waals surface area contributed by atoms with Gasteiger partial charge >= 0.3 is 0 Å². The number of hydrogen-bond acceptors (Lipinski definition) is 3. The Bertz CT molecular complexity index is 763. The van der Waals surface area contributed by atoms with E-state index in [4.69, 9.17) is 0 Å². The third kappa shape index (κ3) is 2.78. The van der Waals surface area contributed by atoms with E-state index in [1.165, 1.54) is 23.5 Å². The van der Waals surface area contributed by atoms with Crippen LogP contribution in [-0.4, -0.2) is 12.0 Å². The van der Waals surface area contributed by atoms with E-state index >= 15 is 0 Å². The van der Waals surface area contributed by atoms with Gasteiger partial charge in [-0.1, -0.05) is 24.3 Å². The van der Waals surface area contributed by atoms with E-state index in [-0.39, 0.29) is 0 Å². The third-order valence-electron chi connectivity index (χ3n) is 3.09. The molecule has 0 saturated carbocycles. The lowest BCUT2D eigenvalue weighted by atomic mass is 9.98. The van der Waals surface area contributed by atoms with Crippen molar-refractivity contribution in [3.8, 4) is 22.4 Å². The topological polar surface area (TPSA) is 24.9 Å². The summed E-state index contributed by atoms with van der Waals surface area (Å²) in [6.07, 6.45) is 0. The van der Waals surface area contributed by atoms with Gasteiger partial charge in [0.15, 0.2) is 5.13 Å². The Labute approximate surface area is 125 Å². The number of anilines is 1. The fourth-order valence-corrected chi connectivity index (χ4v) is 2.85. The Hall–Kier alpha value is -2.27. The SMILES string of the molecule is CNc1nc(-c2ccccc2-c2cc(F)cc(F)c2)cs1. The lowest BCUT2D eigenvalue weighted by Crippen LogP contribution is -1.89. The van der Waals surface area contributed by atoms with Crippen molar-refractivity contribution in [1.82, 2.24) is 4.98 Å². The molecular weight excluding hydrogens is 290 g/mol. The Morgan fingerprint density at radius 1 is 1.00 bits per heavy atom. The normalized spacial score (nSPS) is 10.6. The smallest absolute Gasteiger partial charge is 0.182 e. The van der Waals surface area contributed by atoms with E-state index in [0.29, 0.717) is 5.56 Å². The van der Waals surface area contributed by atoms with Gasteiger partial charge < -0.3 is 5.32 Å². The minimum atomic E-state index is -0.589. The molecule has 2 nitrogen and oxygen atoms in total. The summed E-state index contributed by atoms with van der Waals surface area (Å²) in [5, 5.41) is 5.70. The molecule has 21 heavy (non-hydrogen) atoms. The first kappa shape index (κ1) is 13.7. The summed E-state index contributed by atoms with van der Waals surface area (Å²) >= 11 is 1.48. The second-order valence-electron chi connectivity index (χ2n) is 4.49. The second-order valence-corrected chi connectivity index (χ2v) is 5.35. The van der Waals surface area contributed by atoms with Crippen molar-refractivity contribution >= 4 is 16.5 Å². The van der Waals surface area contributed by atoms with Crippen molar-refractivity contribution in [2.24, 2.45) is 0 Å². The maximum Gasteiger partial charge on any atom is 0.182 e. The van der Waals surface area contributed by atoms with Crippen LogP contribution < -0.4 is 5.32 Å². The van der Waals surface area contributed by atoms with E-state index in [0.717, 1.165) is 28.0 Å². The Balaban J connectivity index is 2.15. The van der Waals surface area contributed by atoms with Crippen molar-refractivity contribution in [3.05, 3.63) is 59.5 Å². The molecule has 0 fully saturated rings. The maximum atomic E-state index is 13.4. The molecule has 0 unspecified atom stereocenters. The van der Waals surface area contributed by atoms with Gasteiger partial charge in [0.1, 0.15) is 11.6 Å². The summed E-state index contributed by atoms with van der Waals surface area (Å²) in [6, 6.07) is 11.0. The van der Waals surface area contributed by atoms with Gasteiger partial charge in [0.25, 0.3) is 0 Å². The molecule has 3 aromatic rings. The number of benzene rings is 2. The third-order valence-corrected chi connectivity index (χ3v) is 3.95. The quantitative estimate of drug-likeness (QED) is 0.752. The molecule has 2 aromatic carbocycles. The first-order chi connectivity index (χ1) is 10.2. The Morgan fingerprint density at radius 2 is 1.67 bits per heavy atom. The minimum Gasteiger partial charge on any atom is -0.365 e. The lowest BCUT2D eigenvalue weighted by Gasteiger charge is -2.08. The number of halogens is 2. The highest BCUT2D eigenvalue weighted by molar-refractivity contribution is 7.14. The van der Waals surface area contributed by atoms with E-state index < -0.39 is 11.6 Å². The number of aromatic nitrogens is 1. The van der Waals surface area contributed by atoms with Crippen molar-refractivity contribution in [3.63, 3.8) is 0 Å². The van der Waals surface area contributed by atoms with Crippen molar-refractivity contribution in [2.45, 2.75) is 0 Å². The zero-order valence-corrected chi connectivity index (χ0v) is 12.0. The zero-order valence-electron chi connectivity index (χ0n) is 11.2. The number of hydrogen-bond donors (Lipinski definition) is 1. The Kier molecular flexibility index (Phi) is 3.66. The van der Waals surface area contributed by atoms with Gasteiger partial charge in [-0.05, 0) is 23.3 Å². The fourth-order valence-electron chi connectivity index (χ4n) is 2.18. The summed E-state index contributed by atoms with van der Waals surface area (Å²) in [6.45, 7) is 0. The highest BCUT2D eigenvalue weighted by Gasteiger charge is 2.11. The van der Waals surface area contributed by atoms with Gasteiger partial charge in [-0.25, -0.2) is 13.8 Å². The molecule has 1 heterocycles.